The largest absolute Gasteiger partial charge is 0.467 e. The Balaban J connectivity index is 2.21. The Morgan fingerprint density at radius 1 is 1.16 bits per heavy atom. The molecule has 1 N–H and O–H groups in total. The highest BCUT2D eigenvalue weighted by Crippen LogP contribution is 2.46. The normalized spacial score (nSPS) is 21.4. The van der Waals surface area contributed by atoms with Gasteiger partial charge in [0.2, 0.25) is 11.8 Å². The molecule has 0 saturated heterocycles. The van der Waals surface area contributed by atoms with Crippen LogP contribution in [0.3, 0.4) is 0 Å². The fourth-order valence-corrected chi connectivity index (χ4v) is 3.60. The molecule has 6 heteroatoms. The van der Waals surface area contributed by atoms with Gasteiger partial charge < -0.3 is 15.0 Å². The summed E-state index contributed by atoms with van der Waals surface area (Å²) in [5.74, 6) is -1.05. The van der Waals surface area contributed by atoms with Crippen LogP contribution < -0.4 is 10.2 Å². The van der Waals surface area contributed by atoms with Crippen molar-refractivity contribution in [3.63, 3.8) is 0 Å². The van der Waals surface area contributed by atoms with E-state index in [9.17, 15) is 14.4 Å². The van der Waals surface area contributed by atoms with Crippen LogP contribution in [-0.2, 0) is 19.1 Å². The second-order valence-corrected chi connectivity index (χ2v) is 7.12. The minimum Gasteiger partial charge on any atom is -0.467 e. The van der Waals surface area contributed by atoms with Crippen LogP contribution in [-0.4, -0.2) is 37.0 Å². The molecule has 2 amide bonds. The van der Waals surface area contributed by atoms with Crippen LogP contribution in [0.2, 0.25) is 0 Å². The first kappa shape index (κ1) is 19.0. The lowest BCUT2D eigenvalue weighted by atomic mass is 9.74. The van der Waals surface area contributed by atoms with E-state index in [4.69, 9.17) is 4.74 Å². The number of hydrogen-bond acceptors (Lipinski definition) is 4. The summed E-state index contributed by atoms with van der Waals surface area (Å²) < 4.78 is 4.98. The smallest absolute Gasteiger partial charge is 0.332 e. The topological polar surface area (TPSA) is 75.7 Å². The average Bonchev–Trinajstić information content (AvgIpc) is 2.87. The van der Waals surface area contributed by atoms with E-state index >= 15 is 0 Å². The zero-order chi connectivity index (χ0) is 18.7. The molecule has 0 radical (unpaired) electrons. The van der Waals surface area contributed by atoms with Gasteiger partial charge >= 0.3 is 5.97 Å². The molecule has 6 nitrogen and oxygen atoms in total. The molecule has 136 valence electrons. The molecule has 1 aliphatic rings. The van der Waals surface area contributed by atoms with Crippen molar-refractivity contribution < 1.29 is 19.1 Å². The maximum Gasteiger partial charge on any atom is 0.332 e. The van der Waals surface area contributed by atoms with Gasteiger partial charge in [0.05, 0.1) is 7.11 Å². The summed E-state index contributed by atoms with van der Waals surface area (Å²) in [6, 6.07) is 8.99. The van der Waals surface area contributed by atoms with Crippen molar-refractivity contribution in [2.24, 2.45) is 5.41 Å². The molecule has 0 spiro atoms. The maximum absolute atomic E-state index is 12.7. The van der Waals surface area contributed by atoms with Gasteiger partial charge in [0.25, 0.3) is 0 Å². The number of carbonyl (C=O) groups excluding carboxylic acids is 3. The number of ether oxygens (including phenoxy) is 1. The predicted octanol–water partition coefficient (Wildman–Crippen LogP) is 2.28. The van der Waals surface area contributed by atoms with Crippen molar-refractivity contribution in [3.05, 3.63) is 30.3 Å². The van der Waals surface area contributed by atoms with Crippen LogP contribution in [0.15, 0.2) is 30.3 Å². The van der Waals surface area contributed by atoms with E-state index in [1.165, 1.54) is 18.9 Å². The molecule has 0 heterocycles. The SMILES string of the molecule is COC(=O)C1(NC(=O)CN(C(C)=O)c2ccccc2)CCCC1(C)C. The van der Waals surface area contributed by atoms with Gasteiger partial charge in [-0.1, -0.05) is 32.0 Å². The van der Waals surface area contributed by atoms with E-state index in [0.29, 0.717) is 12.1 Å². The standard InChI is InChI=1S/C19H26N2O4/c1-14(22)21(15-9-6-5-7-10-15)13-16(23)20-19(17(24)25-4)12-8-11-18(19,2)3/h5-7,9-10H,8,11-13H2,1-4H3,(H,20,23). The maximum atomic E-state index is 12.7. The molecule has 1 atom stereocenters. The number of rotatable bonds is 5. The summed E-state index contributed by atoms with van der Waals surface area (Å²) in [5, 5.41) is 2.88. The zero-order valence-corrected chi connectivity index (χ0v) is 15.3. The first-order chi connectivity index (χ1) is 11.7. The quantitative estimate of drug-likeness (QED) is 0.830. The summed E-state index contributed by atoms with van der Waals surface area (Å²) in [4.78, 5) is 38.5. The molecule has 1 aromatic rings. The molecule has 0 bridgehead atoms. The molecule has 1 unspecified atom stereocenters. The Bertz CT molecular complexity index is 657. The summed E-state index contributed by atoms with van der Waals surface area (Å²) in [6.45, 7) is 5.18. The van der Waals surface area contributed by atoms with Crippen molar-refractivity contribution in [3.8, 4) is 0 Å². The first-order valence-electron chi connectivity index (χ1n) is 8.46. The molecule has 1 saturated carbocycles. The van der Waals surface area contributed by atoms with E-state index in [1.807, 2.05) is 19.9 Å². The first-order valence-corrected chi connectivity index (χ1v) is 8.46. The molecule has 1 aromatic carbocycles. The fraction of sp³-hybridized carbons (Fsp3) is 0.526. The van der Waals surface area contributed by atoms with Crippen LogP contribution in [0.4, 0.5) is 5.69 Å². The van der Waals surface area contributed by atoms with Gasteiger partial charge in [-0.15, -0.1) is 0 Å². The van der Waals surface area contributed by atoms with E-state index in [2.05, 4.69) is 5.32 Å². The Hall–Kier alpha value is -2.37. The number of hydrogen-bond donors (Lipinski definition) is 1. The van der Waals surface area contributed by atoms with Crippen molar-refractivity contribution >= 4 is 23.5 Å². The third-order valence-electron chi connectivity index (χ3n) is 5.15. The number of amides is 2. The van der Waals surface area contributed by atoms with Crippen LogP contribution >= 0.6 is 0 Å². The number of carbonyl (C=O) groups is 3. The monoisotopic (exact) mass is 346 g/mol. The third kappa shape index (κ3) is 3.67. The number of benzene rings is 1. The van der Waals surface area contributed by atoms with Crippen LogP contribution in [0.25, 0.3) is 0 Å². The highest BCUT2D eigenvalue weighted by Gasteiger charge is 2.56. The van der Waals surface area contributed by atoms with E-state index in [1.54, 1.807) is 24.3 Å². The van der Waals surface area contributed by atoms with Gasteiger partial charge in [-0.05, 0) is 36.8 Å². The Morgan fingerprint density at radius 3 is 2.28 bits per heavy atom. The summed E-state index contributed by atoms with van der Waals surface area (Å²) in [5.41, 5.74) is -0.829. The van der Waals surface area contributed by atoms with Crippen molar-refractivity contribution in [2.75, 3.05) is 18.6 Å². The number of anilines is 1. The average molecular weight is 346 g/mol. The molecule has 0 aliphatic heterocycles. The minimum atomic E-state index is -1.06. The summed E-state index contributed by atoms with van der Waals surface area (Å²) in [7, 11) is 1.33. The highest BCUT2D eigenvalue weighted by molar-refractivity contribution is 5.99. The summed E-state index contributed by atoms with van der Waals surface area (Å²) in [6.07, 6.45) is 2.18. The molecular formula is C19H26N2O4. The van der Waals surface area contributed by atoms with Gasteiger partial charge in [-0.25, -0.2) is 4.79 Å². The Kier molecular flexibility index (Phi) is 5.50. The predicted molar refractivity (Wildman–Crippen MR) is 95.0 cm³/mol. The van der Waals surface area contributed by atoms with Gasteiger partial charge in [0, 0.05) is 12.6 Å². The number of esters is 1. The number of nitrogens with one attached hydrogen (secondary N) is 1. The molecule has 1 aliphatic carbocycles. The van der Waals surface area contributed by atoms with Gasteiger partial charge in [-0.3, -0.25) is 9.59 Å². The lowest BCUT2D eigenvalue weighted by molar-refractivity contribution is -0.155. The van der Waals surface area contributed by atoms with Gasteiger partial charge in [-0.2, -0.15) is 0 Å². The van der Waals surface area contributed by atoms with E-state index < -0.39 is 16.9 Å². The van der Waals surface area contributed by atoms with Crippen molar-refractivity contribution in [2.45, 2.75) is 45.6 Å². The van der Waals surface area contributed by atoms with E-state index in [-0.39, 0.29) is 18.4 Å². The molecule has 2 rings (SSSR count). The Morgan fingerprint density at radius 2 is 1.80 bits per heavy atom. The Labute approximate surface area is 148 Å². The molecular weight excluding hydrogens is 320 g/mol. The van der Waals surface area contributed by atoms with Crippen molar-refractivity contribution in [1.82, 2.24) is 5.32 Å². The van der Waals surface area contributed by atoms with Gasteiger partial charge in [0.1, 0.15) is 12.1 Å². The lowest BCUT2D eigenvalue weighted by Crippen LogP contribution is -2.62. The zero-order valence-electron chi connectivity index (χ0n) is 15.3. The lowest BCUT2D eigenvalue weighted by Gasteiger charge is -2.39. The molecule has 0 aromatic heterocycles. The fourth-order valence-electron chi connectivity index (χ4n) is 3.60. The number of para-hydroxylation sites is 1. The summed E-state index contributed by atoms with van der Waals surface area (Å²) >= 11 is 0. The molecule has 25 heavy (non-hydrogen) atoms. The highest BCUT2D eigenvalue weighted by atomic mass is 16.5. The van der Waals surface area contributed by atoms with Crippen LogP contribution in [0.5, 0.6) is 0 Å². The second-order valence-electron chi connectivity index (χ2n) is 7.12. The van der Waals surface area contributed by atoms with Gasteiger partial charge in [0.15, 0.2) is 0 Å². The minimum absolute atomic E-state index is 0.145. The number of nitrogens with zero attached hydrogens (tertiary/aromatic N) is 1. The van der Waals surface area contributed by atoms with E-state index in [0.717, 1.165) is 12.8 Å². The number of methoxy groups -OCH3 is 1. The van der Waals surface area contributed by atoms with Crippen molar-refractivity contribution in [1.29, 1.82) is 0 Å². The molecule has 1 fully saturated rings. The second kappa shape index (κ2) is 7.25. The van der Waals surface area contributed by atoms with Crippen LogP contribution in [0, 0.1) is 5.41 Å². The van der Waals surface area contributed by atoms with Crippen LogP contribution in [0.1, 0.15) is 40.0 Å². The third-order valence-corrected chi connectivity index (χ3v) is 5.15.